The van der Waals surface area contributed by atoms with Crippen LogP contribution >= 0.6 is 0 Å². The minimum atomic E-state index is -0.133. The van der Waals surface area contributed by atoms with Crippen molar-refractivity contribution in [2.45, 2.75) is 76.7 Å². The van der Waals surface area contributed by atoms with Crippen LogP contribution in [0.15, 0.2) is 24.3 Å². The zero-order chi connectivity index (χ0) is 18.4. The molecule has 1 N–H and O–H groups in total. The van der Waals surface area contributed by atoms with Crippen molar-refractivity contribution in [3.8, 4) is 5.75 Å². The Kier molecular flexibility index (Phi) is 4.53. The Bertz CT molecular complexity index is 651. The quantitative estimate of drug-likeness (QED) is 0.793. The van der Waals surface area contributed by atoms with Crippen molar-refractivity contribution in [2.75, 3.05) is 7.11 Å². The smallest absolute Gasteiger partial charge is 0.226 e. The average molecular weight is 356 g/mol. The minimum Gasteiger partial charge on any atom is -0.497 e. The van der Waals surface area contributed by atoms with Crippen LogP contribution in [0.4, 0.5) is 0 Å². The Labute approximate surface area is 157 Å². The Morgan fingerprint density at radius 3 is 2.42 bits per heavy atom. The Morgan fingerprint density at radius 1 is 1.19 bits per heavy atom. The molecule has 1 amide bonds. The fraction of sp³-hybridized carbons (Fsp3) is 0.696. The lowest BCUT2D eigenvalue weighted by Gasteiger charge is -2.61. The van der Waals surface area contributed by atoms with E-state index in [-0.39, 0.29) is 16.9 Å². The van der Waals surface area contributed by atoms with Crippen LogP contribution in [-0.4, -0.2) is 19.1 Å². The lowest BCUT2D eigenvalue weighted by atomic mass is 9.42. The molecule has 0 radical (unpaired) electrons. The molecule has 4 bridgehead atoms. The second-order valence-electron chi connectivity index (χ2n) is 9.41. The van der Waals surface area contributed by atoms with Gasteiger partial charge in [0.1, 0.15) is 5.75 Å². The van der Waals surface area contributed by atoms with Crippen LogP contribution in [0.5, 0.6) is 5.75 Å². The van der Waals surface area contributed by atoms with Gasteiger partial charge in [0, 0.05) is 6.04 Å². The SMILES string of the molecule is CCC[C@H](C)NC(=O)C12C[C@@H]3C[C@@H](C1)CC(c1ccc(OC)cc1)(C3)C2. The van der Waals surface area contributed by atoms with E-state index in [1.165, 1.54) is 24.8 Å². The van der Waals surface area contributed by atoms with Gasteiger partial charge < -0.3 is 10.1 Å². The molecule has 0 saturated heterocycles. The summed E-state index contributed by atoms with van der Waals surface area (Å²) < 4.78 is 5.35. The molecule has 0 unspecified atom stereocenters. The molecule has 4 aliphatic carbocycles. The van der Waals surface area contributed by atoms with Crippen LogP contribution in [0.1, 0.15) is 70.8 Å². The van der Waals surface area contributed by atoms with E-state index in [9.17, 15) is 4.79 Å². The maximum Gasteiger partial charge on any atom is 0.226 e. The van der Waals surface area contributed by atoms with E-state index in [1.54, 1.807) is 7.11 Å². The van der Waals surface area contributed by atoms with Gasteiger partial charge in [-0.15, -0.1) is 0 Å². The van der Waals surface area contributed by atoms with Crippen LogP contribution < -0.4 is 10.1 Å². The van der Waals surface area contributed by atoms with Crippen LogP contribution in [0.25, 0.3) is 0 Å². The molecule has 4 saturated carbocycles. The lowest BCUT2D eigenvalue weighted by Crippen LogP contribution is -2.59. The molecule has 0 heterocycles. The van der Waals surface area contributed by atoms with Crippen molar-refractivity contribution in [3.05, 3.63) is 29.8 Å². The number of carbonyl (C=O) groups is 1. The van der Waals surface area contributed by atoms with E-state index in [0.29, 0.717) is 17.7 Å². The van der Waals surface area contributed by atoms with Gasteiger partial charge in [0.2, 0.25) is 5.91 Å². The molecule has 1 aromatic carbocycles. The van der Waals surface area contributed by atoms with Gasteiger partial charge in [-0.3, -0.25) is 4.79 Å². The predicted octanol–water partition coefficient (Wildman–Crippen LogP) is 4.84. The number of rotatable bonds is 6. The molecule has 0 spiro atoms. The summed E-state index contributed by atoms with van der Waals surface area (Å²) in [4.78, 5) is 13.3. The van der Waals surface area contributed by atoms with E-state index < -0.39 is 0 Å². The van der Waals surface area contributed by atoms with Crippen molar-refractivity contribution >= 4 is 5.91 Å². The second kappa shape index (κ2) is 6.58. The fourth-order valence-corrected chi connectivity index (χ4v) is 6.69. The number of ether oxygens (including phenoxy) is 1. The normalized spacial score (nSPS) is 36.0. The molecule has 4 aliphatic rings. The largest absolute Gasteiger partial charge is 0.497 e. The van der Waals surface area contributed by atoms with E-state index in [1.807, 2.05) is 0 Å². The highest BCUT2D eigenvalue weighted by Crippen LogP contribution is 2.65. The first-order chi connectivity index (χ1) is 12.5. The number of amides is 1. The van der Waals surface area contributed by atoms with E-state index in [0.717, 1.165) is 37.9 Å². The van der Waals surface area contributed by atoms with Crippen molar-refractivity contribution in [1.29, 1.82) is 0 Å². The number of nitrogens with one attached hydrogen (secondary N) is 1. The minimum absolute atomic E-state index is 0.133. The lowest BCUT2D eigenvalue weighted by molar-refractivity contribution is -0.149. The van der Waals surface area contributed by atoms with Gasteiger partial charge in [-0.05, 0) is 86.8 Å². The monoisotopic (exact) mass is 355 g/mol. The third kappa shape index (κ3) is 2.93. The Hall–Kier alpha value is -1.51. The van der Waals surface area contributed by atoms with Crippen LogP contribution in [0.3, 0.4) is 0 Å². The molecule has 142 valence electrons. The molecule has 3 nitrogen and oxygen atoms in total. The zero-order valence-electron chi connectivity index (χ0n) is 16.5. The topological polar surface area (TPSA) is 38.3 Å². The second-order valence-corrected chi connectivity index (χ2v) is 9.41. The molecule has 3 atom stereocenters. The average Bonchev–Trinajstić information content (AvgIpc) is 2.61. The zero-order valence-corrected chi connectivity index (χ0v) is 16.5. The molecule has 4 fully saturated rings. The number of benzene rings is 1. The first kappa shape index (κ1) is 17.9. The number of hydrogen-bond donors (Lipinski definition) is 1. The summed E-state index contributed by atoms with van der Waals surface area (Å²) in [6.45, 7) is 4.34. The molecule has 0 aromatic heterocycles. The summed E-state index contributed by atoms with van der Waals surface area (Å²) in [5.74, 6) is 2.68. The summed E-state index contributed by atoms with van der Waals surface area (Å²) in [5.41, 5.74) is 1.49. The summed E-state index contributed by atoms with van der Waals surface area (Å²) in [6.07, 6.45) is 9.28. The predicted molar refractivity (Wildman–Crippen MR) is 104 cm³/mol. The van der Waals surface area contributed by atoms with Crippen LogP contribution in [0.2, 0.25) is 0 Å². The number of hydrogen-bond acceptors (Lipinski definition) is 2. The van der Waals surface area contributed by atoms with Crippen molar-refractivity contribution in [1.82, 2.24) is 5.32 Å². The van der Waals surface area contributed by atoms with Crippen LogP contribution in [0, 0.1) is 17.3 Å². The maximum absolute atomic E-state index is 13.3. The van der Waals surface area contributed by atoms with Gasteiger partial charge in [0.15, 0.2) is 0 Å². The maximum atomic E-state index is 13.3. The van der Waals surface area contributed by atoms with Gasteiger partial charge >= 0.3 is 0 Å². The third-order valence-electron chi connectivity index (χ3n) is 7.34. The van der Waals surface area contributed by atoms with Gasteiger partial charge in [-0.2, -0.15) is 0 Å². The first-order valence-corrected chi connectivity index (χ1v) is 10.4. The van der Waals surface area contributed by atoms with Crippen molar-refractivity contribution in [3.63, 3.8) is 0 Å². The van der Waals surface area contributed by atoms with E-state index in [4.69, 9.17) is 4.74 Å². The van der Waals surface area contributed by atoms with Gasteiger partial charge in [0.05, 0.1) is 12.5 Å². The molecule has 0 aliphatic heterocycles. The fourth-order valence-electron chi connectivity index (χ4n) is 6.69. The molecular weight excluding hydrogens is 322 g/mol. The number of methoxy groups -OCH3 is 1. The number of carbonyl (C=O) groups excluding carboxylic acids is 1. The highest BCUT2D eigenvalue weighted by molar-refractivity contribution is 5.83. The van der Waals surface area contributed by atoms with E-state index in [2.05, 4.69) is 43.4 Å². The third-order valence-corrected chi connectivity index (χ3v) is 7.34. The summed E-state index contributed by atoms with van der Waals surface area (Å²) in [6, 6.07) is 8.96. The highest BCUT2D eigenvalue weighted by atomic mass is 16.5. The van der Waals surface area contributed by atoms with Gasteiger partial charge in [0.25, 0.3) is 0 Å². The Balaban J connectivity index is 1.61. The van der Waals surface area contributed by atoms with Crippen molar-refractivity contribution in [2.24, 2.45) is 17.3 Å². The molecule has 3 heteroatoms. The highest BCUT2D eigenvalue weighted by Gasteiger charge is 2.60. The Morgan fingerprint density at radius 2 is 1.85 bits per heavy atom. The van der Waals surface area contributed by atoms with Crippen molar-refractivity contribution < 1.29 is 9.53 Å². The van der Waals surface area contributed by atoms with Gasteiger partial charge in [-0.25, -0.2) is 0 Å². The summed E-state index contributed by atoms with van der Waals surface area (Å²) in [7, 11) is 1.72. The molecule has 5 rings (SSSR count). The standard InChI is InChI=1S/C23H33NO2/c1-4-5-16(2)24-21(25)23-13-17-10-18(14-23)12-22(11-17,15-23)19-6-8-20(26-3)9-7-19/h6-9,16-18H,4-5,10-15H2,1-3H3,(H,24,25)/t16-,17+,18+,22?,23?/m0/s1. The summed E-state index contributed by atoms with van der Waals surface area (Å²) >= 11 is 0. The molecule has 26 heavy (non-hydrogen) atoms. The van der Waals surface area contributed by atoms with Crippen LogP contribution in [-0.2, 0) is 10.2 Å². The van der Waals surface area contributed by atoms with E-state index >= 15 is 0 Å². The molecular formula is C23H33NO2. The molecule has 1 aromatic rings. The first-order valence-electron chi connectivity index (χ1n) is 10.4. The van der Waals surface area contributed by atoms with Gasteiger partial charge in [-0.1, -0.05) is 25.5 Å². The summed E-state index contributed by atoms with van der Waals surface area (Å²) in [5, 5.41) is 3.37.